The second-order valence-electron chi connectivity index (χ2n) is 6.48. The van der Waals surface area contributed by atoms with E-state index in [1.165, 1.54) is 17.2 Å². The van der Waals surface area contributed by atoms with Crippen LogP contribution in [0.4, 0.5) is 0 Å². The zero-order valence-corrected chi connectivity index (χ0v) is 15.5. The summed E-state index contributed by atoms with van der Waals surface area (Å²) >= 11 is 0. The lowest BCUT2D eigenvalue weighted by atomic mass is 9.86. The Balaban J connectivity index is 1.90. The van der Waals surface area contributed by atoms with E-state index in [1.54, 1.807) is 12.1 Å². The maximum atomic E-state index is 11.4. The third kappa shape index (κ3) is 4.40. The Morgan fingerprint density at radius 1 is 0.846 bits per heavy atom. The van der Waals surface area contributed by atoms with Gasteiger partial charge in [-0.25, -0.2) is 0 Å². The van der Waals surface area contributed by atoms with Gasteiger partial charge in [0.15, 0.2) is 0 Å². The van der Waals surface area contributed by atoms with Gasteiger partial charge in [0.1, 0.15) is 0 Å². The maximum absolute atomic E-state index is 11.4. The summed E-state index contributed by atoms with van der Waals surface area (Å²) in [6, 6.07) is 25.4. The molecule has 3 rings (SSSR count). The molecule has 0 fully saturated rings. The highest BCUT2D eigenvalue weighted by Crippen LogP contribution is 2.30. The number of aryl methyl sites for hydroxylation is 2. The lowest BCUT2D eigenvalue weighted by Gasteiger charge is -2.19. The first-order chi connectivity index (χ1) is 12.4. The van der Waals surface area contributed by atoms with Crippen molar-refractivity contribution in [3.63, 3.8) is 0 Å². The highest BCUT2D eigenvalue weighted by molar-refractivity contribution is 7.85. The minimum absolute atomic E-state index is 0.0472. The molecule has 3 aromatic rings. The first-order valence-corrected chi connectivity index (χ1v) is 10.1. The third-order valence-corrected chi connectivity index (χ3v) is 5.57. The average Bonchev–Trinajstić information content (AvgIpc) is 2.64. The van der Waals surface area contributed by atoms with E-state index in [4.69, 9.17) is 0 Å². The Kier molecular flexibility index (Phi) is 5.55. The van der Waals surface area contributed by atoms with Crippen LogP contribution in [0.5, 0.6) is 0 Å². The van der Waals surface area contributed by atoms with Gasteiger partial charge in [-0.15, -0.1) is 0 Å². The minimum atomic E-state index is -4.18. The molecule has 0 amide bonds. The maximum Gasteiger partial charge on any atom is 0.294 e. The molecule has 3 aromatic carbocycles. The van der Waals surface area contributed by atoms with E-state index in [2.05, 4.69) is 24.3 Å². The minimum Gasteiger partial charge on any atom is -0.282 e. The van der Waals surface area contributed by atoms with Crippen LogP contribution >= 0.6 is 0 Å². The Morgan fingerprint density at radius 2 is 1.38 bits per heavy atom. The highest BCUT2D eigenvalue weighted by Gasteiger charge is 2.16. The smallest absolute Gasteiger partial charge is 0.282 e. The van der Waals surface area contributed by atoms with E-state index in [9.17, 15) is 13.0 Å². The van der Waals surface area contributed by atoms with Gasteiger partial charge in [-0.05, 0) is 54.2 Å². The van der Waals surface area contributed by atoms with Gasteiger partial charge in [0.05, 0.1) is 4.90 Å². The molecular formula is C22H22O3S. The normalized spacial score (nSPS) is 11.7. The summed E-state index contributed by atoms with van der Waals surface area (Å²) in [7, 11) is -4.18. The van der Waals surface area contributed by atoms with Crippen LogP contribution in [0.25, 0.3) is 0 Å². The van der Waals surface area contributed by atoms with Crippen LogP contribution < -0.4 is 0 Å². The molecule has 3 nitrogen and oxygen atoms in total. The predicted molar refractivity (Wildman–Crippen MR) is 104 cm³/mol. The molecule has 0 aliphatic carbocycles. The third-order valence-electron chi connectivity index (χ3n) is 4.72. The Labute approximate surface area is 155 Å². The fourth-order valence-electron chi connectivity index (χ4n) is 3.27. The van der Waals surface area contributed by atoms with Crippen LogP contribution in [0, 0.1) is 6.92 Å². The summed E-state index contributed by atoms with van der Waals surface area (Å²) in [4.78, 5) is -0.0472. The fourth-order valence-corrected chi connectivity index (χ4v) is 3.81. The van der Waals surface area contributed by atoms with Crippen molar-refractivity contribution < 1.29 is 13.0 Å². The van der Waals surface area contributed by atoms with Crippen molar-refractivity contribution in [3.8, 4) is 0 Å². The van der Waals surface area contributed by atoms with Gasteiger partial charge in [-0.1, -0.05) is 66.7 Å². The van der Waals surface area contributed by atoms with Crippen LogP contribution in [0.2, 0.25) is 0 Å². The Hall–Kier alpha value is -2.43. The lowest BCUT2D eigenvalue weighted by Crippen LogP contribution is -2.05. The monoisotopic (exact) mass is 366 g/mol. The molecule has 0 saturated heterocycles. The zero-order chi connectivity index (χ0) is 18.6. The fraction of sp³-hybridized carbons (Fsp3) is 0.182. The van der Waals surface area contributed by atoms with Gasteiger partial charge >= 0.3 is 0 Å². The second kappa shape index (κ2) is 7.85. The quantitative estimate of drug-likeness (QED) is 0.624. The van der Waals surface area contributed by atoms with Gasteiger partial charge in [0.25, 0.3) is 10.1 Å². The van der Waals surface area contributed by atoms with E-state index in [-0.39, 0.29) is 10.8 Å². The van der Waals surface area contributed by atoms with Crippen LogP contribution in [-0.2, 0) is 16.5 Å². The van der Waals surface area contributed by atoms with Crippen molar-refractivity contribution in [3.05, 3.63) is 101 Å². The van der Waals surface area contributed by atoms with Crippen molar-refractivity contribution in [2.24, 2.45) is 0 Å². The molecule has 26 heavy (non-hydrogen) atoms. The van der Waals surface area contributed by atoms with Crippen LogP contribution in [-0.4, -0.2) is 13.0 Å². The van der Waals surface area contributed by atoms with Crippen molar-refractivity contribution >= 4 is 10.1 Å². The number of rotatable bonds is 6. The summed E-state index contributed by atoms with van der Waals surface area (Å²) in [6.45, 7) is 1.96. The van der Waals surface area contributed by atoms with E-state index in [0.717, 1.165) is 24.0 Å². The van der Waals surface area contributed by atoms with E-state index in [0.29, 0.717) is 0 Å². The second-order valence-corrected chi connectivity index (χ2v) is 7.90. The Bertz CT molecular complexity index is 925. The predicted octanol–water partition coefficient (Wildman–Crippen LogP) is 5.01. The van der Waals surface area contributed by atoms with Gasteiger partial charge < -0.3 is 0 Å². The van der Waals surface area contributed by atoms with Crippen molar-refractivity contribution in [1.29, 1.82) is 0 Å². The summed E-state index contributed by atoms with van der Waals surface area (Å²) in [5.74, 6) is 0.228. The first kappa shape index (κ1) is 18.4. The summed E-state index contributed by atoms with van der Waals surface area (Å²) < 4.78 is 32.2. The van der Waals surface area contributed by atoms with Crippen LogP contribution in [0.1, 0.15) is 34.6 Å². The van der Waals surface area contributed by atoms with Crippen molar-refractivity contribution in [1.82, 2.24) is 0 Å². The van der Waals surface area contributed by atoms with Gasteiger partial charge in [-0.3, -0.25) is 4.55 Å². The molecule has 0 unspecified atom stereocenters. The first-order valence-electron chi connectivity index (χ1n) is 8.62. The molecule has 0 spiro atoms. The SMILES string of the molecule is Cc1ccc(S(=O)(=O)O)cc1CCC(c1ccccc1)c1ccccc1. The molecule has 0 radical (unpaired) electrons. The van der Waals surface area contributed by atoms with Gasteiger partial charge in [0, 0.05) is 5.92 Å². The average molecular weight is 366 g/mol. The standard InChI is InChI=1S/C22H22O3S/c1-17-12-14-21(26(23,24)25)16-20(17)13-15-22(18-8-4-2-5-9-18)19-10-6-3-7-11-19/h2-12,14,16,22H,13,15H2,1H3,(H,23,24,25). The largest absolute Gasteiger partial charge is 0.294 e. The molecule has 1 N–H and O–H groups in total. The molecule has 0 saturated carbocycles. The van der Waals surface area contributed by atoms with E-state index in [1.807, 2.05) is 43.3 Å². The zero-order valence-electron chi connectivity index (χ0n) is 14.7. The number of hydrogen-bond donors (Lipinski definition) is 1. The Morgan fingerprint density at radius 3 is 1.88 bits per heavy atom. The molecule has 0 bridgehead atoms. The summed E-state index contributed by atoms with van der Waals surface area (Å²) in [5.41, 5.74) is 4.44. The summed E-state index contributed by atoms with van der Waals surface area (Å²) in [5, 5.41) is 0. The highest BCUT2D eigenvalue weighted by atomic mass is 32.2. The molecule has 0 aliphatic rings. The van der Waals surface area contributed by atoms with Crippen LogP contribution in [0.3, 0.4) is 0 Å². The molecule has 0 aromatic heterocycles. The number of hydrogen-bond acceptors (Lipinski definition) is 2. The van der Waals surface area contributed by atoms with Gasteiger partial charge in [0.2, 0.25) is 0 Å². The molecule has 4 heteroatoms. The summed E-state index contributed by atoms with van der Waals surface area (Å²) in [6.07, 6.45) is 1.58. The van der Waals surface area contributed by atoms with E-state index >= 15 is 0 Å². The van der Waals surface area contributed by atoms with Crippen LogP contribution in [0.15, 0.2) is 83.8 Å². The molecule has 0 aliphatic heterocycles. The molecule has 134 valence electrons. The molecule has 0 atom stereocenters. The van der Waals surface area contributed by atoms with Crippen molar-refractivity contribution in [2.45, 2.75) is 30.6 Å². The van der Waals surface area contributed by atoms with Crippen molar-refractivity contribution in [2.75, 3.05) is 0 Å². The number of benzene rings is 3. The van der Waals surface area contributed by atoms with Gasteiger partial charge in [-0.2, -0.15) is 8.42 Å². The molecule has 0 heterocycles. The van der Waals surface area contributed by atoms with E-state index < -0.39 is 10.1 Å². The lowest BCUT2D eigenvalue weighted by molar-refractivity contribution is 0.483. The molecular weight excluding hydrogens is 344 g/mol. The topological polar surface area (TPSA) is 54.4 Å².